The molecule has 0 atom stereocenters. The molecule has 0 aliphatic carbocycles. The summed E-state index contributed by atoms with van der Waals surface area (Å²) in [4.78, 5) is 24.4. The van der Waals surface area contributed by atoms with Crippen LogP contribution in [0.2, 0.25) is 0 Å². The minimum atomic E-state index is -0.249. The maximum Gasteiger partial charge on any atom is 0.251 e. The predicted octanol–water partition coefficient (Wildman–Crippen LogP) is 3.79. The molecule has 0 aliphatic heterocycles. The highest BCUT2D eigenvalue weighted by atomic mass is 16.5. The summed E-state index contributed by atoms with van der Waals surface area (Å²) in [6, 6.07) is 14.3. The van der Waals surface area contributed by atoms with Crippen LogP contribution in [-0.2, 0) is 11.2 Å². The van der Waals surface area contributed by atoms with Crippen LogP contribution in [0.25, 0.3) is 0 Å². The first-order valence-electron chi connectivity index (χ1n) is 8.68. The van der Waals surface area contributed by atoms with Crippen LogP contribution in [0, 0.1) is 0 Å². The molecule has 0 bridgehead atoms. The molecule has 138 valence electrons. The number of hydrogen-bond donors (Lipinski definition) is 2. The minimum absolute atomic E-state index is 0.119. The molecule has 2 aromatic rings. The van der Waals surface area contributed by atoms with E-state index in [0.29, 0.717) is 11.3 Å². The van der Waals surface area contributed by atoms with E-state index >= 15 is 0 Å². The Bertz CT molecular complexity index is 767. The van der Waals surface area contributed by atoms with E-state index in [-0.39, 0.29) is 23.8 Å². The molecule has 0 aromatic heterocycles. The average molecular weight is 354 g/mol. The molecule has 0 saturated heterocycles. The van der Waals surface area contributed by atoms with E-state index in [1.807, 2.05) is 45.0 Å². The van der Waals surface area contributed by atoms with Gasteiger partial charge < -0.3 is 15.4 Å². The van der Waals surface area contributed by atoms with Gasteiger partial charge in [0.05, 0.1) is 13.5 Å². The summed E-state index contributed by atoms with van der Waals surface area (Å²) in [6.45, 7) is 6.00. The molecule has 2 amide bonds. The number of carbonyl (C=O) groups is 2. The summed E-state index contributed by atoms with van der Waals surface area (Å²) < 4.78 is 5.16. The van der Waals surface area contributed by atoms with Crippen molar-refractivity contribution in [1.82, 2.24) is 5.32 Å². The number of anilines is 1. The van der Waals surface area contributed by atoms with Gasteiger partial charge in [-0.2, -0.15) is 0 Å². The Morgan fingerprint density at radius 1 is 1.08 bits per heavy atom. The smallest absolute Gasteiger partial charge is 0.251 e. The molecule has 0 spiro atoms. The van der Waals surface area contributed by atoms with Gasteiger partial charge in [-0.05, 0) is 62.2 Å². The Hall–Kier alpha value is -2.82. The molecule has 0 heterocycles. The second kappa shape index (κ2) is 8.52. The largest absolute Gasteiger partial charge is 0.497 e. The molecule has 5 nitrogen and oxygen atoms in total. The van der Waals surface area contributed by atoms with Gasteiger partial charge in [0, 0.05) is 16.8 Å². The van der Waals surface area contributed by atoms with Crippen LogP contribution >= 0.6 is 0 Å². The number of rotatable bonds is 7. The Balaban J connectivity index is 1.95. The molecule has 2 aromatic carbocycles. The fourth-order valence-electron chi connectivity index (χ4n) is 2.35. The van der Waals surface area contributed by atoms with E-state index in [1.54, 1.807) is 31.4 Å². The third-order valence-electron chi connectivity index (χ3n) is 4.27. The topological polar surface area (TPSA) is 67.4 Å². The van der Waals surface area contributed by atoms with Crippen molar-refractivity contribution in [1.29, 1.82) is 0 Å². The molecule has 0 fully saturated rings. The highest BCUT2D eigenvalue weighted by Crippen LogP contribution is 2.15. The van der Waals surface area contributed by atoms with Crippen molar-refractivity contribution in [3.63, 3.8) is 0 Å². The number of nitrogens with one attached hydrogen (secondary N) is 2. The second-order valence-electron chi connectivity index (χ2n) is 6.85. The van der Waals surface area contributed by atoms with Crippen molar-refractivity contribution in [2.24, 2.45) is 0 Å². The lowest BCUT2D eigenvalue weighted by atomic mass is 10.0. The van der Waals surface area contributed by atoms with Gasteiger partial charge in [-0.25, -0.2) is 0 Å². The molecule has 0 unspecified atom stereocenters. The molecule has 26 heavy (non-hydrogen) atoms. The highest BCUT2D eigenvalue weighted by molar-refractivity contribution is 5.96. The van der Waals surface area contributed by atoms with Gasteiger partial charge in [-0.3, -0.25) is 9.59 Å². The summed E-state index contributed by atoms with van der Waals surface area (Å²) in [5.41, 5.74) is 1.85. The lowest BCUT2D eigenvalue weighted by Crippen LogP contribution is -2.42. The lowest BCUT2D eigenvalue weighted by Gasteiger charge is -2.24. The maximum atomic E-state index is 12.2. The summed E-state index contributed by atoms with van der Waals surface area (Å²) >= 11 is 0. The average Bonchev–Trinajstić information content (AvgIpc) is 2.62. The number of benzene rings is 2. The van der Waals surface area contributed by atoms with Crippen LogP contribution in [0.15, 0.2) is 48.5 Å². The zero-order valence-electron chi connectivity index (χ0n) is 15.8. The van der Waals surface area contributed by atoms with Crippen LogP contribution in [0.3, 0.4) is 0 Å². The van der Waals surface area contributed by atoms with Crippen molar-refractivity contribution in [2.75, 3.05) is 12.4 Å². The Kier molecular flexibility index (Phi) is 6.39. The van der Waals surface area contributed by atoms with E-state index in [9.17, 15) is 9.59 Å². The Morgan fingerprint density at radius 3 is 2.38 bits per heavy atom. The van der Waals surface area contributed by atoms with Gasteiger partial charge in [0.1, 0.15) is 5.75 Å². The van der Waals surface area contributed by atoms with Crippen LogP contribution in [0.1, 0.15) is 43.1 Å². The summed E-state index contributed by atoms with van der Waals surface area (Å²) in [5, 5.41) is 5.83. The number of ether oxygens (including phenoxy) is 1. The first-order valence-corrected chi connectivity index (χ1v) is 8.68. The van der Waals surface area contributed by atoms with Gasteiger partial charge in [-0.1, -0.05) is 19.1 Å². The van der Waals surface area contributed by atoms with Gasteiger partial charge in [-0.15, -0.1) is 0 Å². The normalized spacial score (nSPS) is 10.9. The molecule has 2 N–H and O–H groups in total. The third-order valence-corrected chi connectivity index (χ3v) is 4.27. The molecule has 0 aliphatic rings. The summed E-state index contributed by atoms with van der Waals surface area (Å²) in [7, 11) is 1.60. The highest BCUT2D eigenvalue weighted by Gasteiger charge is 2.18. The van der Waals surface area contributed by atoms with Gasteiger partial charge >= 0.3 is 0 Å². The number of hydrogen-bond acceptors (Lipinski definition) is 3. The Morgan fingerprint density at radius 2 is 1.77 bits per heavy atom. The first kappa shape index (κ1) is 19.5. The molecular formula is C21H26N2O3. The standard InChI is InChI=1S/C21H26N2O3/c1-5-21(2,3)23-20(25)16-9-11-17(12-10-16)22-19(24)14-15-7-6-8-18(13-15)26-4/h6-13H,5,14H2,1-4H3,(H,22,24)(H,23,25). The van der Waals surface area contributed by atoms with Crippen LogP contribution in [0.5, 0.6) is 5.75 Å². The SMILES string of the molecule is CCC(C)(C)NC(=O)c1ccc(NC(=O)Cc2cccc(OC)c2)cc1. The Labute approximate surface area is 154 Å². The van der Waals surface area contributed by atoms with Crippen LogP contribution < -0.4 is 15.4 Å². The monoisotopic (exact) mass is 354 g/mol. The van der Waals surface area contributed by atoms with E-state index in [1.165, 1.54) is 0 Å². The van der Waals surface area contributed by atoms with E-state index in [2.05, 4.69) is 10.6 Å². The van der Waals surface area contributed by atoms with Gasteiger partial charge in [0.25, 0.3) is 5.91 Å². The number of amides is 2. The summed E-state index contributed by atoms with van der Waals surface area (Å²) in [5.74, 6) is 0.481. The molecule has 0 radical (unpaired) electrons. The van der Waals surface area contributed by atoms with Crippen LogP contribution in [-0.4, -0.2) is 24.5 Å². The first-order chi connectivity index (χ1) is 12.3. The lowest BCUT2D eigenvalue weighted by molar-refractivity contribution is -0.115. The number of methoxy groups -OCH3 is 1. The van der Waals surface area contributed by atoms with Crippen molar-refractivity contribution >= 4 is 17.5 Å². The molecular weight excluding hydrogens is 328 g/mol. The second-order valence-corrected chi connectivity index (χ2v) is 6.85. The van der Waals surface area contributed by atoms with E-state index in [4.69, 9.17) is 4.74 Å². The van der Waals surface area contributed by atoms with Gasteiger partial charge in [0.2, 0.25) is 5.91 Å². The van der Waals surface area contributed by atoms with Crippen molar-refractivity contribution in [2.45, 2.75) is 39.2 Å². The molecule has 0 saturated carbocycles. The zero-order chi connectivity index (χ0) is 19.2. The van der Waals surface area contributed by atoms with Crippen molar-refractivity contribution in [3.8, 4) is 5.75 Å². The predicted molar refractivity (Wildman–Crippen MR) is 104 cm³/mol. The van der Waals surface area contributed by atoms with Gasteiger partial charge in [0.15, 0.2) is 0 Å². The van der Waals surface area contributed by atoms with Crippen molar-refractivity contribution in [3.05, 3.63) is 59.7 Å². The zero-order valence-corrected chi connectivity index (χ0v) is 15.8. The molecule has 2 rings (SSSR count). The fraction of sp³-hybridized carbons (Fsp3) is 0.333. The maximum absolute atomic E-state index is 12.2. The number of carbonyl (C=O) groups excluding carboxylic acids is 2. The van der Waals surface area contributed by atoms with E-state index in [0.717, 1.165) is 17.7 Å². The van der Waals surface area contributed by atoms with Crippen LogP contribution in [0.4, 0.5) is 5.69 Å². The fourth-order valence-corrected chi connectivity index (χ4v) is 2.35. The third kappa shape index (κ3) is 5.62. The van der Waals surface area contributed by atoms with E-state index < -0.39 is 0 Å². The quantitative estimate of drug-likeness (QED) is 0.795. The summed E-state index contributed by atoms with van der Waals surface area (Å²) in [6.07, 6.45) is 1.10. The van der Waals surface area contributed by atoms with Crippen molar-refractivity contribution < 1.29 is 14.3 Å². The molecule has 5 heteroatoms. The minimum Gasteiger partial charge on any atom is -0.497 e.